The summed E-state index contributed by atoms with van der Waals surface area (Å²) in [7, 11) is 0. The molecule has 1 heterocycles. The topological polar surface area (TPSA) is 32.3 Å². The highest BCUT2D eigenvalue weighted by Gasteiger charge is 2.34. The molecule has 2 aliphatic rings. The average molecular weight is 291 g/mol. The summed E-state index contributed by atoms with van der Waals surface area (Å²) in [6.45, 7) is 0.774. The number of benzene rings is 1. The summed E-state index contributed by atoms with van der Waals surface area (Å²) in [5.41, 5.74) is 0.992. The average Bonchev–Trinajstić information content (AvgIpc) is 3.08. The molecule has 3 rings (SSSR count). The van der Waals surface area contributed by atoms with Crippen molar-refractivity contribution < 1.29 is 5.11 Å². The van der Waals surface area contributed by atoms with Crippen LogP contribution in [0.15, 0.2) is 30.3 Å². The van der Waals surface area contributed by atoms with Crippen LogP contribution in [0.25, 0.3) is 0 Å². The molecule has 2 N–H and O–H groups in total. The minimum absolute atomic E-state index is 0.454. The number of rotatable bonds is 5. The molecule has 1 aliphatic heterocycles. The lowest BCUT2D eigenvalue weighted by atomic mass is 9.94. The van der Waals surface area contributed by atoms with Gasteiger partial charge >= 0.3 is 0 Å². The van der Waals surface area contributed by atoms with Gasteiger partial charge in [-0.15, -0.1) is 0 Å². The Kier molecular flexibility index (Phi) is 4.69. The molecular formula is C17H25NOS. The molecule has 2 fully saturated rings. The van der Waals surface area contributed by atoms with E-state index in [0.29, 0.717) is 6.04 Å². The largest absolute Gasteiger partial charge is 0.388 e. The Bertz CT molecular complexity index is 416. The van der Waals surface area contributed by atoms with Crippen molar-refractivity contribution in [2.75, 3.05) is 18.1 Å². The zero-order valence-electron chi connectivity index (χ0n) is 12.1. The lowest BCUT2D eigenvalue weighted by Gasteiger charge is -2.27. The van der Waals surface area contributed by atoms with Crippen LogP contribution >= 0.6 is 11.8 Å². The van der Waals surface area contributed by atoms with Gasteiger partial charge < -0.3 is 10.4 Å². The third-order valence-electron chi connectivity index (χ3n) is 4.78. The molecule has 1 aromatic carbocycles. The van der Waals surface area contributed by atoms with E-state index < -0.39 is 5.60 Å². The highest BCUT2D eigenvalue weighted by Crippen LogP contribution is 2.31. The van der Waals surface area contributed by atoms with Crippen molar-refractivity contribution in [3.63, 3.8) is 0 Å². The third-order valence-corrected chi connectivity index (χ3v) is 6.01. The molecule has 0 amide bonds. The minimum atomic E-state index is -0.454. The number of hydrogen-bond acceptors (Lipinski definition) is 3. The van der Waals surface area contributed by atoms with Crippen LogP contribution in [0, 0.1) is 5.92 Å². The van der Waals surface area contributed by atoms with Crippen LogP contribution in [0.1, 0.15) is 31.2 Å². The van der Waals surface area contributed by atoms with Crippen molar-refractivity contribution in [1.82, 2.24) is 5.32 Å². The SMILES string of the molecule is OC1(CNC2CCCC2Cc2ccccc2)CCSC1. The molecule has 20 heavy (non-hydrogen) atoms. The first-order valence-corrected chi connectivity index (χ1v) is 8.98. The predicted molar refractivity (Wildman–Crippen MR) is 86.2 cm³/mol. The summed E-state index contributed by atoms with van der Waals surface area (Å²) in [6, 6.07) is 11.4. The molecule has 1 aliphatic carbocycles. The van der Waals surface area contributed by atoms with Gasteiger partial charge in [-0.2, -0.15) is 11.8 Å². The van der Waals surface area contributed by atoms with Crippen molar-refractivity contribution in [3.05, 3.63) is 35.9 Å². The van der Waals surface area contributed by atoms with E-state index in [1.165, 1.54) is 31.2 Å². The van der Waals surface area contributed by atoms with Gasteiger partial charge in [-0.1, -0.05) is 36.8 Å². The van der Waals surface area contributed by atoms with Crippen LogP contribution in [-0.2, 0) is 6.42 Å². The van der Waals surface area contributed by atoms with Crippen LogP contribution in [0.2, 0.25) is 0 Å². The van der Waals surface area contributed by atoms with E-state index in [9.17, 15) is 5.11 Å². The summed E-state index contributed by atoms with van der Waals surface area (Å²) >= 11 is 1.88. The lowest BCUT2D eigenvalue weighted by Crippen LogP contribution is -2.46. The van der Waals surface area contributed by atoms with Crippen molar-refractivity contribution in [2.45, 2.75) is 43.7 Å². The molecule has 110 valence electrons. The zero-order valence-corrected chi connectivity index (χ0v) is 12.9. The fraction of sp³-hybridized carbons (Fsp3) is 0.647. The Hall–Kier alpha value is -0.510. The van der Waals surface area contributed by atoms with E-state index >= 15 is 0 Å². The van der Waals surface area contributed by atoms with Crippen molar-refractivity contribution in [1.29, 1.82) is 0 Å². The first-order valence-electron chi connectivity index (χ1n) is 7.83. The summed E-state index contributed by atoms with van der Waals surface area (Å²) in [4.78, 5) is 0. The van der Waals surface area contributed by atoms with E-state index in [-0.39, 0.29) is 0 Å². The van der Waals surface area contributed by atoms with Crippen LogP contribution in [0.5, 0.6) is 0 Å². The monoisotopic (exact) mass is 291 g/mol. The van der Waals surface area contributed by atoms with Gasteiger partial charge in [0.25, 0.3) is 0 Å². The van der Waals surface area contributed by atoms with Gasteiger partial charge in [0, 0.05) is 18.3 Å². The fourth-order valence-electron chi connectivity index (χ4n) is 3.52. The molecular weight excluding hydrogens is 266 g/mol. The summed E-state index contributed by atoms with van der Waals surface area (Å²) in [5, 5.41) is 14.1. The van der Waals surface area contributed by atoms with Gasteiger partial charge in [0.15, 0.2) is 0 Å². The molecule has 0 radical (unpaired) electrons. The van der Waals surface area contributed by atoms with Gasteiger partial charge in [0.05, 0.1) is 5.60 Å². The quantitative estimate of drug-likeness (QED) is 0.875. The first-order chi connectivity index (χ1) is 9.75. The van der Waals surface area contributed by atoms with E-state index in [4.69, 9.17) is 0 Å². The van der Waals surface area contributed by atoms with Crippen LogP contribution in [0.3, 0.4) is 0 Å². The maximum Gasteiger partial charge on any atom is 0.0869 e. The van der Waals surface area contributed by atoms with Gasteiger partial charge in [-0.3, -0.25) is 0 Å². The van der Waals surface area contributed by atoms with E-state index in [0.717, 1.165) is 30.4 Å². The Balaban J connectivity index is 1.53. The van der Waals surface area contributed by atoms with Gasteiger partial charge in [0.2, 0.25) is 0 Å². The van der Waals surface area contributed by atoms with Crippen molar-refractivity contribution >= 4 is 11.8 Å². The molecule has 3 unspecified atom stereocenters. The van der Waals surface area contributed by atoms with Crippen LogP contribution in [-0.4, -0.2) is 34.8 Å². The maximum absolute atomic E-state index is 10.4. The third kappa shape index (κ3) is 3.57. The van der Waals surface area contributed by atoms with Crippen LogP contribution in [0.4, 0.5) is 0 Å². The summed E-state index contributed by atoms with van der Waals surface area (Å²) in [6.07, 6.45) is 6.02. The minimum Gasteiger partial charge on any atom is -0.388 e. The van der Waals surface area contributed by atoms with Gasteiger partial charge in [-0.25, -0.2) is 0 Å². The number of aliphatic hydroxyl groups is 1. The smallest absolute Gasteiger partial charge is 0.0869 e. The summed E-state index contributed by atoms with van der Waals surface area (Å²) < 4.78 is 0. The molecule has 0 aromatic heterocycles. The Labute approximate surface area is 126 Å². The van der Waals surface area contributed by atoms with E-state index in [1.807, 2.05) is 11.8 Å². The van der Waals surface area contributed by atoms with Crippen molar-refractivity contribution in [2.24, 2.45) is 5.92 Å². The molecule has 1 saturated heterocycles. The summed E-state index contributed by atoms with van der Waals surface area (Å²) in [5.74, 6) is 2.74. The number of thioether (sulfide) groups is 1. The Morgan fingerprint density at radius 3 is 2.85 bits per heavy atom. The van der Waals surface area contributed by atoms with Gasteiger partial charge in [-0.05, 0) is 42.9 Å². The number of nitrogens with one attached hydrogen (secondary N) is 1. The maximum atomic E-state index is 10.4. The normalized spacial score (nSPS) is 33.6. The molecule has 3 heteroatoms. The molecule has 2 nitrogen and oxygen atoms in total. The highest BCUT2D eigenvalue weighted by atomic mass is 32.2. The molecule has 0 bridgehead atoms. The second kappa shape index (κ2) is 6.50. The Morgan fingerprint density at radius 2 is 2.10 bits per heavy atom. The molecule has 1 aromatic rings. The molecule has 0 spiro atoms. The standard InChI is InChI=1S/C17H25NOS/c19-17(9-10-20-13-17)12-18-16-8-4-7-15(16)11-14-5-2-1-3-6-14/h1-3,5-6,15-16,18-19H,4,7-13H2. The molecule has 1 saturated carbocycles. The molecule has 3 atom stereocenters. The predicted octanol–water partition coefficient (Wildman–Crippen LogP) is 2.86. The zero-order chi connectivity index (χ0) is 13.8. The lowest BCUT2D eigenvalue weighted by molar-refractivity contribution is 0.0629. The highest BCUT2D eigenvalue weighted by molar-refractivity contribution is 7.99. The van der Waals surface area contributed by atoms with E-state index in [2.05, 4.69) is 35.6 Å². The van der Waals surface area contributed by atoms with Gasteiger partial charge in [0.1, 0.15) is 0 Å². The van der Waals surface area contributed by atoms with Crippen LogP contribution < -0.4 is 5.32 Å². The first kappa shape index (κ1) is 14.4. The number of hydrogen-bond donors (Lipinski definition) is 2. The Morgan fingerprint density at radius 1 is 1.25 bits per heavy atom. The second-order valence-corrected chi connectivity index (χ2v) is 7.50. The fourth-order valence-corrected chi connectivity index (χ4v) is 4.82. The second-order valence-electron chi connectivity index (χ2n) is 6.40. The van der Waals surface area contributed by atoms with E-state index in [1.54, 1.807) is 0 Å². The van der Waals surface area contributed by atoms with Crippen molar-refractivity contribution in [3.8, 4) is 0 Å².